The van der Waals surface area contributed by atoms with Gasteiger partial charge in [0.25, 0.3) is 0 Å². The van der Waals surface area contributed by atoms with Crippen LogP contribution in [0.5, 0.6) is 0 Å². The predicted octanol–water partition coefficient (Wildman–Crippen LogP) is 3.68. The molecular formula is C44H59N7O8. The van der Waals surface area contributed by atoms with Crippen molar-refractivity contribution in [3.63, 3.8) is 0 Å². The first-order valence-electron chi connectivity index (χ1n) is 20.5. The lowest BCUT2D eigenvalue weighted by Gasteiger charge is -2.39. The number of piperidine rings is 1. The molecule has 0 bridgehead atoms. The Kier molecular flexibility index (Phi) is 15.3. The lowest BCUT2D eigenvalue weighted by molar-refractivity contribution is -0.146. The van der Waals surface area contributed by atoms with Crippen LogP contribution >= 0.6 is 0 Å². The predicted molar refractivity (Wildman–Crippen MR) is 220 cm³/mol. The normalized spacial score (nSPS) is 17.8. The van der Waals surface area contributed by atoms with Gasteiger partial charge in [-0.25, -0.2) is 14.6 Å². The zero-order valence-corrected chi connectivity index (χ0v) is 34.8. The number of hydrogen-bond donors (Lipinski definition) is 4. The van der Waals surface area contributed by atoms with E-state index < -0.39 is 71.0 Å². The van der Waals surface area contributed by atoms with Crippen LogP contribution in [0.2, 0.25) is 0 Å². The maximum atomic E-state index is 14.5. The van der Waals surface area contributed by atoms with E-state index in [-0.39, 0.29) is 25.8 Å². The first-order chi connectivity index (χ1) is 28.2. The monoisotopic (exact) mass is 813 g/mol. The number of esters is 1. The molecule has 0 unspecified atom stereocenters. The molecule has 1 aliphatic carbocycles. The second-order valence-electron chi connectivity index (χ2n) is 16.5. The van der Waals surface area contributed by atoms with Crippen molar-refractivity contribution in [3.8, 4) is 0 Å². The number of likely N-dealkylation sites (tertiary alicyclic amines) is 1. The summed E-state index contributed by atoms with van der Waals surface area (Å²) in [5.74, 6) is -2.62. The number of nitrogens with zero attached hydrogens (tertiary/aromatic N) is 3. The number of carbonyl (C=O) groups excluding carboxylic acids is 6. The Bertz CT molecular complexity index is 1910. The summed E-state index contributed by atoms with van der Waals surface area (Å²) >= 11 is 0. The van der Waals surface area contributed by atoms with Gasteiger partial charge in [-0.2, -0.15) is 0 Å². The van der Waals surface area contributed by atoms with Crippen molar-refractivity contribution in [2.45, 2.75) is 127 Å². The van der Waals surface area contributed by atoms with Gasteiger partial charge in [0, 0.05) is 38.3 Å². The molecule has 0 radical (unpaired) electrons. The van der Waals surface area contributed by atoms with Gasteiger partial charge in [-0.1, -0.05) is 73.5 Å². The molecule has 1 saturated carbocycles. The van der Waals surface area contributed by atoms with E-state index in [4.69, 9.17) is 9.47 Å². The number of carbonyl (C=O) groups is 6. The molecule has 2 fully saturated rings. The van der Waals surface area contributed by atoms with E-state index in [0.29, 0.717) is 57.1 Å². The third-order valence-electron chi connectivity index (χ3n) is 10.9. The van der Waals surface area contributed by atoms with Gasteiger partial charge in [-0.05, 0) is 76.8 Å². The highest BCUT2D eigenvalue weighted by Gasteiger charge is 2.46. The van der Waals surface area contributed by atoms with Gasteiger partial charge < -0.3 is 40.2 Å². The molecule has 5 rings (SSSR count). The Labute approximate surface area is 346 Å². The van der Waals surface area contributed by atoms with Crippen LogP contribution in [-0.4, -0.2) is 99.1 Å². The van der Waals surface area contributed by atoms with Crippen LogP contribution in [0.3, 0.4) is 0 Å². The molecule has 0 spiro atoms. The standard InChI is InChI=1S/C44H59N7O8/c1-43(2,3)59-42(57)48-34(27-32-28-45-29-50(32)4)39(54)51-25-15-12-20-36(51)38(53)49-44(23-13-14-24-44)41(56)47-33(22-21-30-16-8-6-9-17-30)37(52)46-35(40(55)58-5)26-31-18-10-7-11-19-31/h6-11,16-19,28-29,33-36H,12-15,20-27H2,1-5H3,(H,46,52)(H,47,56)(H,48,57)(H,49,53)/t33-,34-,35-,36+/m0/s1. The molecule has 1 aromatic heterocycles. The highest BCUT2D eigenvalue weighted by atomic mass is 16.6. The third kappa shape index (κ3) is 12.4. The minimum atomic E-state index is -1.34. The molecular weight excluding hydrogens is 755 g/mol. The number of amides is 5. The molecule has 2 aromatic carbocycles. The first-order valence-corrected chi connectivity index (χ1v) is 20.5. The number of hydrogen-bond acceptors (Lipinski definition) is 9. The molecule has 59 heavy (non-hydrogen) atoms. The van der Waals surface area contributed by atoms with Crippen LogP contribution in [0.4, 0.5) is 4.79 Å². The Hall–Kier alpha value is -5.73. The Morgan fingerprint density at radius 3 is 2.10 bits per heavy atom. The fourth-order valence-electron chi connectivity index (χ4n) is 7.79. The number of benzene rings is 2. The zero-order valence-electron chi connectivity index (χ0n) is 34.8. The number of rotatable bonds is 16. The summed E-state index contributed by atoms with van der Waals surface area (Å²) in [7, 11) is 3.05. The topological polar surface area (TPSA) is 190 Å². The fraction of sp³-hybridized carbons (Fsp3) is 0.523. The smallest absolute Gasteiger partial charge is 0.408 e. The molecule has 3 aromatic rings. The third-order valence-corrected chi connectivity index (χ3v) is 10.9. The zero-order chi connectivity index (χ0) is 42.6. The number of aryl methyl sites for hydroxylation is 2. The van der Waals surface area contributed by atoms with Gasteiger partial charge in [0.05, 0.1) is 13.4 Å². The van der Waals surface area contributed by atoms with Crippen molar-refractivity contribution < 1.29 is 38.2 Å². The quantitative estimate of drug-likeness (QED) is 0.156. The van der Waals surface area contributed by atoms with E-state index in [9.17, 15) is 28.8 Å². The lowest BCUT2D eigenvalue weighted by Crippen LogP contribution is -2.65. The summed E-state index contributed by atoms with van der Waals surface area (Å²) < 4.78 is 12.3. The van der Waals surface area contributed by atoms with Crippen LogP contribution in [0.15, 0.2) is 73.2 Å². The van der Waals surface area contributed by atoms with Crippen LogP contribution in [-0.2, 0) is 59.8 Å². The number of ether oxygens (including phenoxy) is 2. The van der Waals surface area contributed by atoms with Gasteiger partial charge >= 0.3 is 12.1 Å². The van der Waals surface area contributed by atoms with E-state index in [1.165, 1.54) is 12.0 Å². The highest BCUT2D eigenvalue weighted by molar-refractivity contribution is 5.98. The van der Waals surface area contributed by atoms with Gasteiger partial charge in [-0.15, -0.1) is 0 Å². The average molecular weight is 814 g/mol. The number of nitrogens with one attached hydrogen (secondary N) is 4. The van der Waals surface area contributed by atoms with Crippen LogP contribution in [0, 0.1) is 0 Å². The summed E-state index contributed by atoms with van der Waals surface area (Å²) in [6, 6.07) is 14.8. The summed E-state index contributed by atoms with van der Waals surface area (Å²) in [4.78, 5) is 88.9. The minimum absolute atomic E-state index is 0.111. The van der Waals surface area contributed by atoms with Crippen LogP contribution in [0.25, 0.3) is 0 Å². The molecule has 4 atom stereocenters. The molecule has 15 nitrogen and oxygen atoms in total. The molecule has 1 aliphatic heterocycles. The SMILES string of the molecule is COC(=O)[C@H](Cc1ccccc1)NC(=O)[C@H](CCc1ccccc1)NC(=O)C1(NC(=O)[C@H]2CCCCN2C(=O)[C@H](Cc2cncn2C)NC(=O)OC(C)(C)C)CCCC1. The van der Waals surface area contributed by atoms with E-state index >= 15 is 0 Å². The largest absolute Gasteiger partial charge is 0.467 e. The molecule has 2 heterocycles. The van der Waals surface area contributed by atoms with Crippen molar-refractivity contribution in [1.82, 2.24) is 35.7 Å². The Morgan fingerprint density at radius 2 is 1.49 bits per heavy atom. The van der Waals surface area contributed by atoms with E-state index in [1.807, 2.05) is 60.7 Å². The summed E-state index contributed by atoms with van der Waals surface area (Å²) in [5, 5.41) is 11.6. The molecule has 1 saturated heterocycles. The molecule has 4 N–H and O–H groups in total. The summed E-state index contributed by atoms with van der Waals surface area (Å²) in [5.41, 5.74) is 0.327. The maximum Gasteiger partial charge on any atom is 0.408 e. The highest BCUT2D eigenvalue weighted by Crippen LogP contribution is 2.31. The number of imidazole rings is 1. The van der Waals surface area contributed by atoms with Crippen molar-refractivity contribution in [1.29, 1.82) is 0 Å². The minimum Gasteiger partial charge on any atom is -0.467 e. The van der Waals surface area contributed by atoms with Crippen molar-refractivity contribution in [2.24, 2.45) is 7.05 Å². The van der Waals surface area contributed by atoms with Gasteiger partial charge in [-0.3, -0.25) is 19.2 Å². The summed E-state index contributed by atoms with van der Waals surface area (Å²) in [6.45, 7) is 5.47. The van der Waals surface area contributed by atoms with E-state index in [2.05, 4.69) is 26.3 Å². The lowest BCUT2D eigenvalue weighted by atomic mass is 9.92. The Morgan fingerprint density at radius 1 is 0.831 bits per heavy atom. The molecule has 15 heteroatoms. The fourth-order valence-corrected chi connectivity index (χ4v) is 7.79. The molecule has 318 valence electrons. The summed E-state index contributed by atoms with van der Waals surface area (Å²) in [6.07, 6.45) is 7.12. The van der Waals surface area contributed by atoms with Gasteiger partial charge in [0.1, 0.15) is 35.3 Å². The average Bonchev–Trinajstić information content (AvgIpc) is 3.87. The number of methoxy groups -OCH3 is 1. The van der Waals surface area contributed by atoms with E-state index in [0.717, 1.165) is 11.1 Å². The van der Waals surface area contributed by atoms with E-state index in [1.54, 1.807) is 44.9 Å². The molecule has 5 amide bonds. The molecule has 2 aliphatic rings. The van der Waals surface area contributed by atoms with Gasteiger partial charge in [0.2, 0.25) is 23.6 Å². The van der Waals surface area contributed by atoms with Crippen molar-refractivity contribution in [2.75, 3.05) is 13.7 Å². The van der Waals surface area contributed by atoms with Gasteiger partial charge in [0.15, 0.2) is 0 Å². The van der Waals surface area contributed by atoms with Crippen molar-refractivity contribution in [3.05, 3.63) is 90.0 Å². The Balaban J connectivity index is 1.35. The maximum absolute atomic E-state index is 14.5. The second kappa shape index (κ2) is 20.3. The van der Waals surface area contributed by atoms with Crippen molar-refractivity contribution >= 4 is 35.7 Å². The van der Waals surface area contributed by atoms with Crippen LogP contribution < -0.4 is 21.3 Å². The second-order valence-corrected chi connectivity index (χ2v) is 16.5. The first kappa shape index (κ1) is 44.4. The number of aromatic nitrogens is 2. The number of alkyl carbamates (subject to hydrolysis) is 1. The van der Waals surface area contributed by atoms with Crippen LogP contribution in [0.1, 0.15) is 89.0 Å².